The van der Waals surface area contributed by atoms with Crippen LogP contribution in [0.5, 0.6) is 5.75 Å². The number of carbonyl (C=O) groups excluding carboxylic acids is 1. The maximum Gasteiger partial charge on any atom is 0.427 e. The summed E-state index contributed by atoms with van der Waals surface area (Å²) in [4.78, 5) is 11.4. The van der Waals surface area contributed by atoms with Crippen LogP contribution in [0.15, 0.2) is 24.3 Å². The zero-order chi connectivity index (χ0) is 13.8. The van der Waals surface area contributed by atoms with Crippen molar-refractivity contribution in [1.82, 2.24) is 10.9 Å². The summed E-state index contributed by atoms with van der Waals surface area (Å²) < 4.78 is 16.6. The quantitative estimate of drug-likeness (QED) is 0.815. The van der Waals surface area contributed by atoms with E-state index < -0.39 is 12.4 Å². The summed E-state index contributed by atoms with van der Waals surface area (Å²) in [6.07, 6.45) is -1.09. The summed E-state index contributed by atoms with van der Waals surface area (Å²) in [6.45, 7) is 3.89. The Kier molecular flexibility index (Phi) is 4.36. The van der Waals surface area contributed by atoms with Gasteiger partial charge in [0, 0.05) is 7.05 Å². The van der Waals surface area contributed by atoms with Gasteiger partial charge < -0.3 is 14.2 Å². The van der Waals surface area contributed by atoms with Crippen molar-refractivity contribution in [2.45, 2.75) is 32.3 Å². The molecule has 1 aliphatic rings. The van der Waals surface area contributed by atoms with E-state index in [1.54, 1.807) is 19.2 Å². The average molecular weight is 266 g/mol. The number of amides is 1. The Bertz CT molecular complexity index is 442. The van der Waals surface area contributed by atoms with Gasteiger partial charge in [0.15, 0.2) is 6.29 Å². The Morgan fingerprint density at radius 3 is 2.47 bits per heavy atom. The third kappa shape index (κ3) is 3.23. The summed E-state index contributed by atoms with van der Waals surface area (Å²) in [5.41, 5.74) is 5.54. The fourth-order valence-corrected chi connectivity index (χ4v) is 1.79. The van der Waals surface area contributed by atoms with Crippen LogP contribution < -0.4 is 15.6 Å². The van der Waals surface area contributed by atoms with E-state index in [4.69, 9.17) is 14.2 Å². The highest BCUT2D eigenvalue weighted by atomic mass is 16.7. The molecule has 2 rings (SSSR count). The maximum atomic E-state index is 11.4. The molecule has 1 aromatic rings. The van der Waals surface area contributed by atoms with Gasteiger partial charge in [0.05, 0.1) is 17.8 Å². The van der Waals surface area contributed by atoms with Gasteiger partial charge in [0.1, 0.15) is 5.75 Å². The minimum Gasteiger partial charge on any atom is -0.409 e. The molecular formula is C13H18N2O4. The maximum absolute atomic E-state index is 11.4. The monoisotopic (exact) mass is 266 g/mol. The van der Waals surface area contributed by atoms with Gasteiger partial charge in [-0.3, -0.25) is 5.43 Å². The summed E-state index contributed by atoms with van der Waals surface area (Å²) in [5.74, 6) is 0.418. The Morgan fingerprint density at radius 1 is 1.21 bits per heavy atom. The first kappa shape index (κ1) is 13.8. The average Bonchev–Trinajstić information content (AvgIpc) is 2.70. The molecule has 6 nitrogen and oxygen atoms in total. The number of ether oxygens (including phenoxy) is 3. The molecular weight excluding hydrogens is 248 g/mol. The molecule has 2 N–H and O–H groups in total. The Balaban J connectivity index is 2.15. The molecule has 1 aliphatic heterocycles. The Hall–Kier alpha value is -1.63. The summed E-state index contributed by atoms with van der Waals surface area (Å²) >= 11 is 0. The van der Waals surface area contributed by atoms with E-state index >= 15 is 0 Å². The lowest BCUT2D eigenvalue weighted by Gasteiger charge is -2.15. The van der Waals surface area contributed by atoms with Crippen molar-refractivity contribution >= 4 is 6.09 Å². The normalized spacial score (nSPS) is 26.2. The van der Waals surface area contributed by atoms with Crippen molar-refractivity contribution in [1.29, 1.82) is 0 Å². The van der Waals surface area contributed by atoms with Gasteiger partial charge in [0.25, 0.3) is 0 Å². The van der Waals surface area contributed by atoms with Crippen molar-refractivity contribution in [3.05, 3.63) is 29.8 Å². The molecule has 0 aromatic heterocycles. The Labute approximate surface area is 112 Å². The van der Waals surface area contributed by atoms with Gasteiger partial charge in [-0.1, -0.05) is 18.2 Å². The van der Waals surface area contributed by atoms with Crippen LogP contribution in [0.1, 0.15) is 25.7 Å². The minimum atomic E-state index is -0.589. The molecule has 0 saturated carbocycles. The van der Waals surface area contributed by atoms with Crippen LogP contribution in [-0.2, 0) is 9.47 Å². The predicted octanol–water partition coefficient (Wildman–Crippen LogP) is 1.73. The molecule has 1 heterocycles. The number of benzene rings is 1. The minimum absolute atomic E-state index is 0.00388. The second-order valence-electron chi connectivity index (χ2n) is 4.32. The van der Waals surface area contributed by atoms with E-state index in [-0.39, 0.29) is 12.2 Å². The van der Waals surface area contributed by atoms with Crippen molar-refractivity contribution in [3.8, 4) is 5.75 Å². The smallest absolute Gasteiger partial charge is 0.409 e. The first-order chi connectivity index (χ1) is 9.11. The number of hydrazine groups is 1. The molecule has 6 heteroatoms. The van der Waals surface area contributed by atoms with E-state index in [1.807, 2.05) is 26.0 Å². The van der Waals surface area contributed by atoms with Crippen LogP contribution in [0.2, 0.25) is 0 Å². The molecule has 0 bridgehead atoms. The van der Waals surface area contributed by atoms with E-state index in [0.29, 0.717) is 11.3 Å². The molecule has 0 spiro atoms. The molecule has 1 fully saturated rings. The van der Waals surface area contributed by atoms with Gasteiger partial charge in [-0.05, 0) is 19.9 Å². The van der Waals surface area contributed by atoms with Crippen LogP contribution in [-0.4, -0.2) is 25.3 Å². The van der Waals surface area contributed by atoms with Crippen molar-refractivity contribution < 1.29 is 19.0 Å². The first-order valence-corrected chi connectivity index (χ1v) is 6.16. The third-order valence-corrected chi connectivity index (χ3v) is 2.94. The van der Waals surface area contributed by atoms with E-state index in [0.717, 1.165) is 0 Å². The van der Waals surface area contributed by atoms with Crippen LogP contribution in [0.4, 0.5) is 4.79 Å². The number of rotatable bonds is 3. The highest BCUT2D eigenvalue weighted by molar-refractivity contribution is 5.70. The second-order valence-corrected chi connectivity index (χ2v) is 4.32. The van der Waals surface area contributed by atoms with Crippen molar-refractivity contribution in [3.63, 3.8) is 0 Å². The van der Waals surface area contributed by atoms with Crippen molar-refractivity contribution in [2.24, 2.45) is 0 Å². The third-order valence-electron chi connectivity index (χ3n) is 2.94. The highest BCUT2D eigenvalue weighted by Gasteiger charge is 2.32. The van der Waals surface area contributed by atoms with Crippen LogP contribution >= 0.6 is 0 Å². The summed E-state index contributed by atoms with van der Waals surface area (Å²) in [5, 5.41) is 0. The van der Waals surface area contributed by atoms with Gasteiger partial charge in [0.2, 0.25) is 0 Å². The number of hydrogen-bond donors (Lipinski definition) is 2. The van der Waals surface area contributed by atoms with Gasteiger partial charge in [-0.15, -0.1) is 0 Å². The number of para-hydroxylation sites is 1. The van der Waals surface area contributed by atoms with Gasteiger partial charge in [-0.25, -0.2) is 10.2 Å². The Morgan fingerprint density at radius 2 is 1.84 bits per heavy atom. The fraction of sp³-hybridized carbons (Fsp3) is 0.462. The molecule has 1 aromatic carbocycles. The van der Waals surface area contributed by atoms with Crippen LogP contribution in [0, 0.1) is 0 Å². The second kappa shape index (κ2) is 6.01. The molecule has 1 saturated heterocycles. The molecule has 2 unspecified atom stereocenters. The summed E-state index contributed by atoms with van der Waals surface area (Å²) in [6, 6.07) is 7.15. The topological polar surface area (TPSA) is 68.8 Å². The van der Waals surface area contributed by atoms with E-state index in [1.165, 1.54) is 0 Å². The predicted molar refractivity (Wildman–Crippen MR) is 68.5 cm³/mol. The summed E-state index contributed by atoms with van der Waals surface area (Å²) in [7, 11) is 1.58. The van der Waals surface area contributed by atoms with E-state index in [9.17, 15) is 4.79 Å². The first-order valence-electron chi connectivity index (χ1n) is 6.16. The molecule has 104 valence electrons. The standard InChI is InChI=1S/C13H18N2O4/c1-8-9(2)18-12(17-8)10-6-4-5-7-11(10)19-13(16)15-14-3/h4-9,12,14H,1-3H3,(H,15,16). The lowest BCUT2D eigenvalue weighted by Crippen LogP contribution is -2.36. The zero-order valence-corrected chi connectivity index (χ0v) is 11.2. The molecule has 1 amide bonds. The number of nitrogens with one attached hydrogen (secondary N) is 2. The van der Waals surface area contributed by atoms with E-state index in [2.05, 4.69) is 10.9 Å². The lowest BCUT2D eigenvalue weighted by atomic mass is 10.2. The van der Waals surface area contributed by atoms with Gasteiger partial charge >= 0.3 is 6.09 Å². The fourth-order valence-electron chi connectivity index (χ4n) is 1.79. The zero-order valence-electron chi connectivity index (χ0n) is 11.2. The lowest BCUT2D eigenvalue weighted by molar-refractivity contribution is -0.0662. The van der Waals surface area contributed by atoms with Crippen molar-refractivity contribution in [2.75, 3.05) is 7.05 Å². The molecule has 0 aliphatic carbocycles. The van der Waals surface area contributed by atoms with Crippen LogP contribution in [0.3, 0.4) is 0 Å². The number of hydrogen-bond acceptors (Lipinski definition) is 5. The molecule has 0 radical (unpaired) electrons. The van der Waals surface area contributed by atoms with Crippen LogP contribution in [0.25, 0.3) is 0 Å². The highest BCUT2D eigenvalue weighted by Crippen LogP contribution is 2.35. The molecule has 19 heavy (non-hydrogen) atoms. The number of carbonyl (C=O) groups is 1. The SMILES string of the molecule is CNNC(=O)Oc1ccccc1C1OC(C)C(C)O1. The molecule has 2 atom stereocenters. The van der Waals surface area contributed by atoms with Gasteiger partial charge in [-0.2, -0.15) is 0 Å². The largest absolute Gasteiger partial charge is 0.427 e.